The van der Waals surface area contributed by atoms with Crippen molar-refractivity contribution in [3.8, 4) is 11.5 Å². The van der Waals surface area contributed by atoms with Crippen LogP contribution in [-0.4, -0.2) is 9.91 Å². The Morgan fingerprint density at radius 3 is 2.48 bits per heavy atom. The van der Waals surface area contributed by atoms with Gasteiger partial charge in [-0.3, -0.25) is 15.1 Å². The normalized spacial score (nSPS) is 10.7. The molecule has 0 amide bonds. The molecule has 3 rings (SSSR count). The zero-order valence-corrected chi connectivity index (χ0v) is 13.4. The van der Waals surface area contributed by atoms with Gasteiger partial charge in [0.05, 0.1) is 26.7 Å². The third-order valence-corrected chi connectivity index (χ3v) is 3.79. The van der Waals surface area contributed by atoms with E-state index in [2.05, 4.69) is 4.98 Å². The van der Waals surface area contributed by atoms with Gasteiger partial charge in [0.25, 0.3) is 5.69 Å². The molecule has 5 nitrogen and oxygen atoms in total. The number of benzene rings is 2. The van der Waals surface area contributed by atoms with Crippen molar-refractivity contribution < 1.29 is 9.66 Å². The highest BCUT2D eigenvalue weighted by Crippen LogP contribution is 2.39. The van der Waals surface area contributed by atoms with E-state index in [1.165, 1.54) is 12.1 Å². The number of rotatable bonds is 3. The van der Waals surface area contributed by atoms with Gasteiger partial charge in [0.1, 0.15) is 5.75 Å². The Balaban J connectivity index is 2.00. The average molecular weight is 349 g/mol. The molecule has 1 heterocycles. The molecule has 0 N–H and O–H groups in total. The number of non-ortho nitro benzene ring substituents is 1. The molecule has 0 bridgehead atoms. The summed E-state index contributed by atoms with van der Waals surface area (Å²) in [5.41, 5.74) is 1.74. The molecule has 0 fully saturated rings. The Bertz CT molecular complexity index is 905. The third kappa shape index (κ3) is 3.21. The summed E-state index contributed by atoms with van der Waals surface area (Å²) in [5.74, 6) is 0.605. The lowest BCUT2D eigenvalue weighted by Gasteiger charge is -2.10. The molecule has 3 aromatic rings. The van der Waals surface area contributed by atoms with E-state index in [0.29, 0.717) is 5.75 Å². The van der Waals surface area contributed by atoms with Crippen molar-refractivity contribution in [2.45, 2.75) is 6.92 Å². The van der Waals surface area contributed by atoms with E-state index in [4.69, 9.17) is 27.9 Å². The molecule has 0 radical (unpaired) electrons. The zero-order valence-electron chi connectivity index (χ0n) is 11.9. The van der Waals surface area contributed by atoms with Gasteiger partial charge < -0.3 is 4.74 Å². The molecule has 0 atom stereocenters. The summed E-state index contributed by atoms with van der Waals surface area (Å²) in [7, 11) is 0. The molecule has 0 saturated heterocycles. The van der Waals surface area contributed by atoms with Crippen molar-refractivity contribution in [1.29, 1.82) is 0 Å². The van der Waals surface area contributed by atoms with Gasteiger partial charge in [-0.25, -0.2) is 0 Å². The lowest BCUT2D eigenvalue weighted by Crippen LogP contribution is -1.92. The van der Waals surface area contributed by atoms with Crippen molar-refractivity contribution in [1.82, 2.24) is 4.98 Å². The van der Waals surface area contributed by atoms with Crippen LogP contribution in [0.2, 0.25) is 10.0 Å². The van der Waals surface area contributed by atoms with E-state index in [-0.39, 0.29) is 21.5 Å². The fraction of sp³-hybridized carbons (Fsp3) is 0.0625. The van der Waals surface area contributed by atoms with Crippen molar-refractivity contribution in [2.75, 3.05) is 0 Å². The second kappa shape index (κ2) is 6.02. The van der Waals surface area contributed by atoms with Crippen molar-refractivity contribution in [2.24, 2.45) is 0 Å². The lowest BCUT2D eigenvalue weighted by molar-refractivity contribution is -0.384. The quantitative estimate of drug-likeness (QED) is 0.459. The lowest BCUT2D eigenvalue weighted by atomic mass is 10.1. The molecule has 0 saturated carbocycles. The van der Waals surface area contributed by atoms with E-state index < -0.39 is 4.92 Å². The first-order valence-electron chi connectivity index (χ1n) is 6.62. The van der Waals surface area contributed by atoms with Gasteiger partial charge in [-0.1, -0.05) is 34.8 Å². The molecule has 2 aromatic carbocycles. The van der Waals surface area contributed by atoms with Crippen LogP contribution in [0.15, 0.2) is 42.6 Å². The average Bonchev–Trinajstić information content (AvgIpc) is 2.50. The highest BCUT2D eigenvalue weighted by Gasteiger charge is 2.16. The first-order valence-corrected chi connectivity index (χ1v) is 7.37. The Hall–Kier alpha value is -2.37. The van der Waals surface area contributed by atoms with Gasteiger partial charge >= 0.3 is 0 Å². The summed E-state index contributed by atoms with van der Waals surface area (Å²) in [6, 6.07) is 10.1. The summed E-state index contributed by atoms with van der Waals surface area (Å²) in [6.45, 7) is 1.98. The molecular formula is C16H10Cl2N2O3. The predicted octanol–water partition coefficient (Wildman–Crippen LogP) is 5.55. The number of pyridine rings is 1. The first kappa shape index (κ1) is 15.5. The fourth-order valence-corrected chi connectivity index (χ4v) is 2.71. The number of aryl methyl sites for hydroxylation is 1. The molecule has 0 aliphatic carbocycles. The molecule has 0 spiro atoms. The third-order valence-electron chi connectivity index (χ3n) is 3.23. The molecular weight excluding hydrogens is 339 g/mol. The fourth-order valence-electron chi connectivity index (χ4n) is 2.15. The molecule has 0 aliphatic rings. The minimum atomic E-state index is -0.568. The van der Waals surface area contributed by atoms with E-state index in [1.54, 1.807) is 6.20 Å². The number of nitro groups is 1. The maximum atomic E-state index is 10.8. The number of halogens is 2. The number of ether oxygens (including phenoxy) is 1. The number of nitrogens with zero attached hydrogens (tertiary/aromatic N) is 2. The second-order valence-electron chi connectivity index (χ2n) is 4.96. The van der Waals surface area contributed by atoms with E-state index in [9.17, 15) is 10.1 Å². The van der Waals surface area contributed by atoms with E-state index in [0.717, 1.165) is 16.5 Å². The van der Waals surface area contributed by atoms with Crippen LogP contribution in [0.1, 0.15) is 5.56 Å². The number of hydrogen-bond donors (Lipinski definition) is 0. The predicted molar refractivity (Wildman–Crippen MR) is 89.7 cm³/mol. The first-order chi connectivity index (χ1) is 10.9. The maximum Gasteiger partial charge on any atom is 0.272 e. The van der Waals surface area contributed by atoms with Crippen LogP contribution in [0.3, 0.4) is 0 Å². The van der Waals surface area contributed by atoms with Gasteiger partial charge in [0.15, 0.2) is 5.75 Å². The molecule has 116 valence electrons. The standard InChI is InChI=1S/C16H10Cl2N2O3/c1-9-2-3-15-10(4-9)5-12(8-19-15)23-16-13(17)6-11(20(21)22)7-14(16)18/h2-8H,1H3. The van der Waals surface area contributed by atoms with Crippen LogP contribution >= 0.6 is 23.2 Å². The van der Waals surface area contributed by atoms with Gasteiger partial charge in [-0.05, 0) is 25.1 Å². The van der Waals surface area contributed by atoms with Crippen LogP contribution < -0.4 is 4.74 Å². The zero-order chi connectivity index (χ0) is 16.6. The largest absolute Gasteiger partial charge is 0.453 e. The van der Waals surface area contributed by atoms with Gasteiger partial charge in [-0.2, -0.15) is 0 Å². The number of hydrogen-bond acceptors (Lipinski definition) is 4. The van der Waals surface area contributed by atoms with Gasteiger partial charge in [-0.15, -0.1) is 0 Å². The van der Waals surface area contributed by atoms with Crippen molar-refractivity contribution >= 4 is 39.8 Å². The molecule has 7 heteroatoms. The summed E-state index contributed by atoms with van der Waals surface area (Å²) in [4.78, 5) is 14.5. The number of fused-ring (bicyclic) bond motifs is 1. The van der Waals surface area contributed by atoms with Crippen LogP contribution in [0.5, 0.6) is 11.5 Å². The SMILES string of the molecule is Cc1ccc2ncc(Oc3c(Cl)cc([N+](=O)[O-])cc3Cl)cc2c1. The Kier molecular flexibility index (Phi) is 4.07. The van der Waals surface area contributed by atoms with Crippen LogP contribution in [-0.2, 0) is 0 Å². The number of nitro benzene ring substituents is 1. The molecule has 23 heavy (non-hydrogen) atoms. The smallest absolute Gasteiger partial charge is 0.272 e. The van der Waals surface area contributed by atoms with Gasteiger partial charge in [0, 0.05) is 17.5 Å². The Morgan fingerprint density at radius 2 is 1.83 bits per heavy atom. The maximum absolute atomic E-state index is 10.8. The van der Waals surface area contributed by atoms with Crippen molar-refractivity contribution in [3.05, 3.63) is 68.3 Å². The number of aromatic nitrogens is 1. The second-order valence-corrected chi connectivity index (χ2v) is 5.78. The minimum Gasteiger partial charge on any atom is -0.453 e. The Labute approximate surface area is 141 Å². The highest BCUT2D eigenvalue weighted by molar-refractivity contribution is 6.37. The molecule has 0 unspecified atom stereocenters. The summed E-state index contributed by atoms with van der Waals surface area (Å²) in [5, 5.41) is 11.8. The van der Waals surface area contributed by atoms with Crippen LogP contribution in [0.4, 0.5) is 5.69 Å². The van der Waals surface area contributed by atoms with Gasteiger partial charge in [0.2, 0.25) is 0 Å². The van der Waals surface area contributed by atoms with Crippen LogP contribution in [0, 0.1) is 17.0 Å². The Morgan fingerprint density at radius 1 is 1.13 bits per heavy atom. The highest BCUT2D eigenvalue weighted by atomic mass is 35.5. The summed E-state index contributed by atoms with van der Waals surface area (Å²) >= 11 is 12.1. The summed E-state index contributed by atoms with van der Waals surface area (Å²) < 4.78 is 5.67. The van der Waals surface area contributed by atoms with Crippen molar-refractivity contribution in [3.63, 3.8) is 0 Å². The topological polar surface area (TPSA) is 65.3 Å². The van der Waals surface area contributed by atoms with Crippen LogP contribution in [0.25, 0.3) is 10.9 Å². The van der Waals surface area contributed by atoms with E-state index in [1.807, 2.05) is 31.2 Å². The van der Waals surface area contributed by atoms with E-state index >= 15 is 0 Å². The molecule has 0 aliphatic heterocycles. The monoisotopic (exact) mass is 348 g/mol. The summed E-state index contributed by atoms with van der Waals surface area (Å²) in [6.07, 6.45) is 1.55. The molecule has 1 aromatic heterocycles. The minimum absolute atomic E-state index is 0.0635.